The highest BCUT2D eigenvalue weighted by atomic mass is 32.2. The summed E-state index contributed by atoms with van der Waals surface area (Å²) in [6, 6.07) is 23.8. The minimum absolute atomic E-state index is 0.00249. The molecule has 0 atom stereocenters. The first-order valence-corrected chi connectivity index (χ1v) is 10.7. The predicted molar refractivity (Wildman–Crippen MR) is 126 cm³/mol. The van der Waals surface area contributed by atoms with E-state index in [0.29, 0.717) is 12.0 Å². The molecule has 0 aliphatic carbocycles. The van der Waals surface area contributed by atoms with Gasteiger partial charge in [-0.1, -0.05) is 74.9 Å². The number of nitrogens with one attached hydrogen (secondary N) is 1. The van der Waals surface area contributed by atoms with Gasteiger partial charge in [-0.2, -0.15) is 5.26 Å². The van der Waals surface area contributed by atoms with Crippen LogP contribution in [0.25, 0.3) is 11.1 Å². The first kappa shape index (κ1) is 21.7. The average molecular weight is 415 g/mol. The van der Waals surface area contributed by atoms with Gasteiger partial charge >= 0.3 is 0 Å². The summed E-state index contributed by atoms with van der Waals surface area (Å²) in [7, 11) is 0. The molecule has 0 saturated heterocycles. The van der Waals surface area contributed by atoms with Crippen LogP contribution in [0.2, 0.25) is 0 Å². The summed E-state index contributed by atoms with van der Waals surface area (Å²) in [4.78, 5) is 13.8. The fourth-order valence-electron chi connectivity index (χ4n) is 3.13. The number of hydrogen-bond donors (Lipinski definition) is 1. The Hall–Kier alpha value is -3.03. The van der Waals surface area contributed by atoms with Gasteiger partial charge in [0.15, 0.2) is 0 Å². The van der Waals surface area contributed by atoms with Gasteiger partial charge in [-0.25, -0.2) is 0 Å². The van der Waals surface area contributed by atoms with Crippen molar-refractivity contribution >= 4 is 23.4 Å². The van der Waals surface area contributed by atoms with Crippen molar-refractivity contribution in [3.63, 3.8) is 0 Å². The van der Waals surface area contributed by atoms with Gasteiger partial charge in [-0.15, -0.1) is 11.8 Å². The van der Waals surface area contributed by atoms with Crippen LogP contribution in [0.4, 0.5) is 5.69 Å². The molecule has 0 bridgehead atoms. The summed E-state index contributed by atoms with van der Waals surface area (Å²) < 4.78 is 0.00249. The number of amides is 1. The normalized spacial score (nSPS) is 11.0. The summed E-state index contributed by atoms with van der Waals surface area (Å²) in [6.07, 6.45) is 0.318. The topological polar surface area (TPSA) is 52.9 Å². The molecule has 1 amide bonds. The molecule has 0 heterocycles. The Kier molecular flexibility index (Phi) is 6.64. The van der Waals surface area contributed by atoms with Crippen molar-refractivity contribution in [2.75, 3.05) is 5.32 Å². The molecule has 0 spiro atoms. The summed E-state index contributed by atoms with van der Waals surface area (Å²) in [5.41, 5.74) is 5.32. The summed E-state index contributed by atoms with van der Waals surface area (Å²) in [6.45, 7) is 8.47. The molecule has 3 aromatic carbocycles. The van der Waals surface area contributed by atoms with E-state index < -0.39 is 0 Å². The molecule has 0 saturated carbocycles. The molecule has 30 heavy (non-hydrogen) atoms. The summed E-state index contributed by atoms with van der Waals surface area (Å²) in [5.74, 6) is -0.0552. The molecule has 0 aromatic heterocycles. The van der Waals surface area contributed by atoms with Gasteiger partial charge < -0.3 is 5.32 Å². The fourth-order valence-corrected chi connectivity index (χ4v) is 4.15. The molecule has 3 aromatic rings. The lowest BCUT2D eigenvalue weighted by Crippen LogP contribution is -2.16. The molecule has 0 aliphatic rings. The van der Waals surface area contributed by atoms with Crippen LogP contribution < -0.4 is 5.32 Å². The maximum absolute atomic E-state index is 12.8. The van der Waals surface area contributed by atoms with Crippen molar-refractivity contribution in [1.29, 1.82) is 5.26 Å². The van der Waals surface area contributed by atoms with Crippen LogP contribution in [-0.4, -0.2) is 10.7 Å². The Morgan fingerprint density at radius 1 is 1.03 bits per heavy atom. The zero-order valence-corrected chi connectivity index (χ0v) is 18.6. The van der Waals surface area contributed by atoms with E-state index in [2.05, 4.69) is 32.2 Å². The summed E-state index contributed by atoms with van der Waals surface area (Å²) >= 11 is 1.71. The SMILES string of the molecule is Cc1ccc(CC(=O)Nc2cc(-c3ccccc3C#N)ccc2SC(C)(C)C)cc1. The smallest absolute Gasteiger partial charge is 0.228 e. The van der Waals surface area contributed by atoms with Crippen LogP contribution in [0.3, 0.4) is 0 Å². The zero-order chi connectivity index (χ0) is 21.7. The van der Waals surface area contributed by atoms with Crippen LogP contribution in [0.15, 0.2) is 71.6 Å². The lowest BCUT2D eigenvalue weighted by Gasteiger charge is -2.21. The number of hydrogen-bond acceptors (Lipinski definition) is 3. The number of carbonyl (C=O) groups excluding carboxylic acids is 1. The number of nitriles is 1. The van der Waals surface area contributed by atoms with Gasteiger partial charge in [0.1, 0.15) is 0 Å². The van der Waals surface area contributed by atoms with E-state index in [9.17, 15) is 10.1 Å². The highest BCUT2D eigenvalue weighted by Gasteiger charge is 2.17. The maximum Gasteiger partial charge on any atom is 0.228 e. The summed E-state index contributed by atoms with van der Waals surface area (Å²) in [5, 5.41) is 12.6. The van der Waals surface area contributed by atoms with Crippen LogP contribution >= 0.6 is 11.8 Å². The number of rotatable bonds is 5. The Morgan fingerprint density at radius 3 is 2.40 bits per heavy atom. The predicted octanol–water partition coefficient (Wildman–Crippen LogP) is 6.61. The maximum atomic E-state index is 12.8. The number of anilines is 1. The van der Waals surface area contributed by atoms with Crippen molar-refractivity contribution in [1.82, 2.24) is 0 Å². The van der Waals surface area contributed by atoms with Gasteiger partial charge in [-0.3, -0.25) is 4.79 Å². The highest BCUT2D eigenvalue weighted by molar-refractivity contribution is 8.00. The number of nitrogens with zero attached hydrogens (tertiary/aromatic N) is 1. The van der Waals surface area contributed by atoms with Gasteiger partial charge in [0.05, 0.1) is 23.7 Å². The van der Waals surface area contributed by atoms with Crippen LogP contribution in [-0.2, 0) is 11.2 Å². The fraction of sp³-hybridized carbons (Fsp3) is 0.231. The van der Waals surface area contributed by atoms with Crippen LogP contribution in [0, 0.1) is 18.3 Å². The average Bonchev–Trinajstić information content (AvgIpc) is 2.70. The van der Waals surface area contributed by atoms with E-state index in [4.69, 9.17) is 0 Å². The van der Waals surface area contributed by atoms with E-state index >= 15 is 0 Å². The third-order valence-electron chi connectivity index (χ3n) is 4.51. The van der Waals surface area contributed by atoms with Crippen molar-refractivity contribution in [3.8, 4) is 17.2 Å². The zero-order valence-electron chi connectivity index (χ0n) is 17.8. The number of thioether (sulfide) groups is 1. The quantitative estimate of drug-likeness (QED) is 0.478. The van der Waals surface area contributed by atoms with Crippen molar-refractivity contribution in [2.24, 2.45) is 0 Å². The molecular weight excluding hydrogens is 388 g/mol. The largest absolute Gasteiger partial charge is 0.325 e. The third-order valence-corrected chi connectivity index (χ3v) is 5.70. The molecule has 1 N–H and O–H groups in total. The van der Waals surface area contributed by atoms with E-state index in [1.54, 1.807) is 11.8 Å². The standard InChI is InChI=1S/C26H26N2OS/c1-18-9-11-19(12-10-18)15-25(29)28-23-16-20(13-14-24(23)30-26(2,3)4)22-8-6-5-7-21(22)17-27/h5-14,16H,15H2,1-4H3,(H,28,29). The molecule has 0 radical (unpaired) electrons. The molecule has 0 aliphatic heterocycles. The number of carbonyl (C=O) groups is 1. The Bertz CT molecular complexity index is 1090. The van der Waals surface area contributed by atoms with Gasteiger partial charge in [0, 0.05) is 9.64 Å². The molecule has 0 fully saturated rings. The molecule has 4 heteroatoms. The number of benzene rings is 3. The van der Waals surface area contributed by atoms with Crippen molar-refractivity contribution in [2.45, 2.75) is 43.8 Å². The second-order valence-electron chi connectivity index (χ2n) is 8.29. The van der Waals surface area contributed by atoms with Gasteiger partial charge in [-0.05, 0) is 41.8 Å². The molecule has 152 valence electrons. The molecule has 3 nitrogen and oxygen atoms in total. The van der Waals surface area contributed by atoms with Crippen molar-refractivity contribution < 1.29 is 4.79 Å². The minimum atomic E-state index is -0.0552. The molecular formula is C26H26N2OS. The van der Waals surface area contributed by atoms with Gasteiger partial charge in [0.2, 0.25) is 5.91 Å². The first-order chi connectivity index (χ1) is 14.2. The monoisotopic (exact) mass is 414 g/mol. The second-order valence-corrected chi connectivity index (χ2v) is 10.2. The molecule has 3 rings (SSSR count). The second kappa shape index (κ2) is 9.19. The molecule has 0 unspecified atom stereocenters. The minimum Gasteiger partial charge on any atom is -0.325 e. The van der Waals surface area contributed by atoms with E-state index in [-0.39, 0.29) is 10.7 Å². The Morgan fingerprint density at radius 2 is 1.73 bits per heavy atom. The van der Waals surface area contributed by atoms with Gasteiger partial charge in [0.25, 0.3) is 0 Å². The first-order valence-electron chi connectivity index (χ1n) is 9.93. The Balaban J connectivity index is 1.93. The third kappa shape index (κ3) is 5.75. The van der Waals surface area contributed by atoms with Crippen LogP contribution in [0.1, 0.15) is 37.5 Å². The lowest BCUT2D eigenvalue weighted by atomic mass is 10.00. The van der Waals surface area contributed by atoms with E-state index in [1.807, 2.05) is 73.7 Å². The van der Waals surface area contributed by atoms with Crippen molar-refractivity contribution in [3.05, 3.63) is 83.4 Å². The van der Waals surface area contributed by atoms with E-state index in [0.717, 1.165) is 27.3 Å². The van der Waals surface area contributed by atoms with E-state index in [1.165, 1.54) is 5.56 Å². The lowest BCUT2D eigenvalue weighted by molar-refractivity contribution is -0.115. The highest BCUT2D eigenvalue weighted by Crippen LogP contribution is 2.39. The van der Waals surface area contributed by atoms with Crippen LogP contribution in [0.5, 0.6) is 0 Å². The Labute approximate surface area is 183 Å². The number of aryl methyl sites for hydroxylation is 1.